The molecule has 0 unspecified atom stereocenters. The van der Waals surface area contributed by atoms with Gasteiger partial charge in [0.1, 0.15) is 0 Å². The second-order valence-corrected chi connectivity index (χ2v) is 4.83. The lowest BCUT2D eigenvalue weighted by Gasteiger charge is -2.11. The Bertz CT molecular complexity index is 710. The highest BCUT2D eigenvalue weighted by Gasteiger charge is 2.30. The number of thiocarbonyl (C=S) groups is 1. The highest BCUT2D eigenvalue weighted by molar-refractivity contribution is 7.80. The Kier molecular flexibility index (Phi) is 4.51. The minimum Gasteiger partial charge on any atom is -0.459 e. The number of rotatable bonds is 2. The number of benzene rings is 1. The number of nitrogens with one attached hydrogen (secondary N) is 2. The molecule has 0 fully saturated rings. The van der Waals surface area contributed by atoms with E-state index in [0.29, 0.717) is 5.56 Å². The summed E-state index contributed by atoms with van der Waals surface area (Å²) in [6, 6.07) is 6.10. The molecule has 0 aliphatic heterocycles. The molecule has 0 atom stereocenters. The first-order valence-electron chi connectivity index (χ1n) is 6.11. The van der Waals surface area contributed by atoms with Gasteiger partial charge in [-0.05, 0) is 43.4 Å². The first kappa shape index (κ1) is 16.0. The normalized spacial score (nSPS) is 11.1. The SMILES string of the molecule is Cc1ccoc1C(=O)NC(=S)Nc1cccc(C(F)(F)F)c1. The quantitative estimate of drug-likeness (QED) is 0.825. The van der Waals surface area contributed by atoms with E-state index in [-0.39, 0.29) is 16.6 Å². The first-order chi connectivity index (χ1) is 10.3. The van der Waals surface area contributed by atoms with Crippen LogP contribution in [0.25, 0.3) is 0 Å². The van der Waals surface area contributed by atoms with Gasteiger partial charge in [-0.3, -0.25) is 10.1 Å². The molecule has 0 saturated heterocycles. The molecule has 0 spiro atoms. The van der Waals surface area contributed by atoms with Gasteiger partial charge in [-0.25, -0.2) is 0 Å². The molecule has 1 aromatic carbocycles. The van der Waals surface area contributed by atoms with E-state index in [4.69, 9.17) is 16.6 Å². The molecule has 0 saturated carbocycles. The van der Waals surface area contributed by atoms with Gasteiger partial charge in [0.25, 0.3) is 5.91 Å². The Morgan fingerprint density at radius 3 is 2.59 bits per heavy atom. The highest BCUT2D eigenvalue weighted by atomic mass is 32.1. The Morgan fingerprint density at radius 2 is 2.00 bits per heavy atom. The second-order valence-electron chi connectivity index (χ2n) is 4.42. The lowest BCUT2D eigenvalue weighted by molar-refractivity contribution is -0.137. The van der Waals surface area contributed by atoms with E-state index in [1.165, 1.54) is 18.4 Å². The molecular formula is C14H11F3N2O2S. The van der Waals surface area contributed by atoms with Crippen molar-refractivity contribution in [3.8, 4) is 0 Å². The fraction of sp³-hybridized carbons (Fsp3) is 0.143. The molecule has 0 bridgehead atoms. The maximum absolute atomic E-state index is 12.6. The zero-order chi connectivity index (χ0) is 16.3. The average Bonchev–Trinajstić information content (AvgIpc) is 2.84. The third-order valence-corrected chi connectivity index (χ3v) is 2.95. The third-order valence-electron chi connectivity index (χ3n) is 2.74. The van der Waals surface area contributed by atoms with Gasteiger partial charge in [0.15, 0.2) is 10.9 Å². The molecule has 0 radical (unpaired) electrons. The van der Waals surface area contributed by atoms with Crippen LogP contribution < -0.4 is 10.6 Å². The summed E-state index contributed by atoms with van der Waals surface area (Å²) in [5.74, 6) is -0.486. The topological polar surface area (TPSA) is 54.3 Å². The van der Waals surface area contributed by atoms with Gasteiger partial charge in [0, 0.05) is 11.3 Å². The van der Waals surface area contributed by atoms with Crippen molar-refractivity contribution in [2.45, 2.75) is 13.1 Å². The largest absolute Gasteiger partial charge is 0.459 e. The van der Waals surface area contributed by atoms with Crippen molar-refractivity contribution >= 4 is 28.9 Å². The van der Waals surface area contributed by atoms with Crippen molar-refractivity contribution in [3.63, 3.8) is 0 Å². The summed E-state index contributed by atoms with van der Waals surface area (Å²) in [4.78, 5) is 11.8. The maximum atomic E-state index is 12.6. The van der Waals surface area contributed by atoms with Crippen LogP contribution in [-0.2, 0) is 6.18 Å². The van der Waals surface area contributed by atoms with Crippen LogP contribution in [0.2, 0.25) is 0 Å². The van der Waals surface area contributed by atoms with Crippen LogP contribution in [0.3, 0.4) is 0 Å². The Balaban J connectivity index is 2.04. The Labute approximate surface area is 129 Å². The van der Waals surface area contributed by atoms with E-state index < -0.39 is 17.6 Å². The van der Waals surface area contributed by atoms with Gasteiger partial charge in [-0.2, -0.15) is 13.2 Å². The molecule has 1 heterocycles. The minimum atomic E-state index is -4.45. The monoisotopic (exact) mass is 328 g/mol. The van der Waals surface area contributed by atoms with Crippen molar-refractivity contribution in [1.29, 1.82) is 0 Å². The molecule has 2 rings (SSSR count). The van der Waals surface area contributed by atoms with E-state index in [0.717, 1.165) is 12.1 Å². The number of aryl methyl sites for hydroxylation is 1. The summed E-state index contributed by atoms with van der Waals surface area (Å²) in [5.41, 5.74) is -0.0656. The van der Waals surface area contributed by atoms with Gasteiger partial charge < -0.3 is 9.73 Å². The van der Waals surface area contributed by atoms with Gasteiger partial charge in [-0.1, -0.05) is 6.07 Å². The highest BCUT2D eigenvalue weighted by Crippen LogP contribution is 2.30. The summed E-state index contributed by atoms with van der Waals surface area (Å²) < 4.78 is 42.8. The fourth-order valence-electron chi connectivity index (χ4n) is 1.70. The smallest absolute Gasteiger partial charge is 0.416 e. The minimum absolute atomic E-state index is 0.0909. The van der Waals surface area contributed by atoms with E-state index in [1.807, 2.05) is 0 Å². The average molecular weight is 328 g/mol. The first-order valence-corrected chi connectivity index (χ1v) is 6.52. The lowest BCUT2D eigenvalue weighted by atomic mass is 10.2. The summed E-state index contributed by atoms with van der Waals surface area (Å²) in [5, 5.41) is 4.74. The molecule has 8 heteroatoms. The number of carbonyl (C=O) groups excluding carboxylic acids is 1. The second kappa shape index (κ2) is 6.18. The number of carbonyl (C=O) groups is 1. The van der Waals surface area contributed by atoms with Crippen molar-refractivity contribution in [2.75, 3.05) is 5.32 Å². The zero-order valence-electron chi connectivity index (χ0n) is 11.3. The third kappa shape index (κ3) is 3.85. The number of halogens is 3. The number of hydrogen-bond donors (Lipinski definition) is 2. The predicted octanol–water partition coefficient (Wildman–Crippen LogP) is 3.73. The molecule has 0 aliphatic rings. The Morgan fingerprint density at radius 1 is 1.27 bits per heavy atom. The zero-order valence-corrected chi connectivity index (χ0v) is 12.1. The summed E-state index contributed by atoms with van der Waals surface area (Å²) >= 11 is 4.90. The van der Waals surface area contributed by atoms with Crippen LogP contribution in [-0.4, -0.2) is 11.0 Å². The van der Waals surface area contributed by atoms with Crippen molar-refractivity contribution in [1.82, 2.24) is 5.32 Å². The number of hydrogen-bond acceptors (Lipinski definition) is 3. The molecule has 0 aliphatic carbocycles. The van der Waals surface area contributed by atoms with Crippen molar-refractivity contribution < 1.29 is 22.4 Å². The van der Waals surface area contributed by atoms with Crippen LogP contribution >= 0.6 is 12.2 Å². The number of amides is 1. The van der Waals surface area contributed by atoms with E-state index in [1.54, 1.807) is 13.0 Å². The molecule has 2 aromatic rings. The Hall–Kier alpha value is -2.35. The van der Waals surface area contributed by atoms with Gasteiger partial charge in [0.2, 0.25) is 0 Å². The standard InChI is InChI=1S/C14H11F3N2O2S/c1-8-5-6-21-11(8)12(20)19-13(22)18-10-4-2-3-9(7-10)14(15,16)17/h2-7H,1H3,(H2,18,19,20,22). The van der Waals surface area contributed by atoms with Crippen LogP contribution in [0.5, 0.6) is 0 Å². The predicted molar refractivity (Wildman–Crippen MR) is 78.6 cm³/mol. The maximum Gasteiger partial charge on any atom is 0.416 e. The molecule has 116 valence electrons. The van der Waals surface area contributed by atoms with Crippen LogP contribution in [0.15, 0.2) is 41.0 Å². The van der Waals surface area contributed by atoms with E-state index in [2.05, 4.69) is 10.6 Å². The summed E-state index contributed by atoms with van der Waals surface area (Å²) in [7, 11) is 0. The molecule has 22 heavy (non-hydrogen) atoms. The molecule has 1 amide bonds. The molecule has 4 nitrogen and oxygen atoms in total. The fourth-order valence-corrected chi connectivity index (χ4v) is 1.91. The summed E-state index contributed by atoms with van der Waals surface area (Å²) in [6.07, 6.45) is -3.10. The molecule has 2 N–H and O–H groups in total. The summed E-state index contributed by atoms with van der Waals surface area (Å²) in [6.45, 7) is 1.68. The van der Waals surface area contributed by atoms with Crippen LogP contribution in [0, 0.1) is 6.92 Å². The number of alkyl halides is 3. The van der Waals surface area contributed by atoms with Crippen LogP contribution in [0.1, 0.15) is 21.7 Å². The molecule has 1 aromatic heterocycles. The van der Waals surface area contributed by atoms with Crippen LogP contribution in [0.4, 0.5) is 18.9 Å². The van der Waals surface area contributed by atoms with Gasteiger partial charge >= 0.3 is 6.18 Å². The molecular weight excluding hydrogens is 317 g/mol. The van der Waals surface area contributed by atoms with E-state index in [9.17, 15) is 18.0 Å². The lowest BCUT2D eigenvalue weighted by Crippen LogP contribution is -2.34. The number of furan rings is 1. The van der Waals surface area contributed by atoms with Gasteiger partial charge in [-0.15, -0.1) is 0 Å². The van der Waals surface area contributed by atoms with E-state index >= 15 is 0 Å². The van der Waals surface area contributed by atoms with Crippen molar-refractivity contribution in [2.24, 2.45) is 0 Å². The van der Waals surface area contributed by atoms with Gasteiger partial charge in [0.05, 0.1) is 11.8 Å². The van der Waals surface area contributed by atoms with Crippen molar-refractivity contribution in [3.05, 3.63) is 53.5 Å². The number of anilines is 1.